The molecule has 0 aliphatic carbocycles. The zero-order valence-corrected chi connectivity index (χ0v) is 7.89. The maximum Gasteiger partial charge on any atom is 0.0699 e. The van der Waals surface area contributed by atoms with Crippen LogP contribution < -0.4 is 0 Å². The van der Waals surface area contributed by atoms with Gasteiger partial charge in [-0.1, -0.05) is 0 Å². The molecule has 1 aliphatic heterocycles. The fourth-order valence-electron chi connectivity index (χ4n) is 1.96. The predicted octanol–water partition coefficient (Wildman–Crippen LogP) is 1.98. The Labute approximate surface area is 68.9 Å². The smallest absolute Gasteiger partial charge is 0.0699 e. The molecule has 2 atom stereocenters. The summed E-state index contributed by atoms with van der Waals surface area (Å²) in [5.41, 5.74) is 0.0388. The Balaban J connectivity index is 2.55. The van der Waals surface area contributed by atoms with Gasteiger partial charge in [-0.15, -0.1) is 0 Å². The van der Waals surface area contributed by atoms with Crippen LogP contribution in [0.4, 0.5) is 0 Å². The van der Waals surface area contributed by atoms with Gasteiger partial charge in [-0.25, -0.2) is 0 Å². The van der Waals surface area contributed by atoms with Crippen molar-refractivity contribution >= 4 is 0 Å². The first-order valence-electron chi connectivity index (χ1n) is 4.26. The zero-order chi connectivity index (χ0) is 8.48. The lowest BCUT2D eigenvalue weighted by molar-refractivity contribution is -0.138. The van der Waals surface area contributed by atoms with Gasteiger partial charge >= 0.3 is 0 Å². The van der Waals surface area contributed by atoms with Crippen LogP contribution >= 0.6 is 0 Å². The van der Waals surface area contributed by atoms with Gasteiger partial charge in [-0.05, 0) is 20.8 Å². The van der Waals surface area contributed by atoms with Crippen LogP contribution in [0.5, 0.6) is 0 Å². The van der Waals surface area contributed by atoms with Crippen LogP contribution in [0, 0.1) is 0 Å². The minimum absolute atomic E-state index is 0.0388. The molecule has 0 bridgehead atoms. The van der Waals surface area contributed by atoms with E-state index in [2.05, 4.69) is 20.8 Å². The molecular weight excluding hydrogens is 140 g/mol. The average molecular weight is 158 g/mol. The number of methoxy groups -OCH3 is 1. The van der Waals surface area contributed by atoms with Crippen molar-refractivity contribution in [1.82, 2.24) is 0 Å². The van der Waals surface area contributed by atoms with Gasteiger partial charge in [0.05, 0.1) is 17.8 Å². The highest BCUT2D eigenvalue weighted by molar-refractivity contribution is 4.84. The van der Waals surface area contributed by atoms with E-state index in [9.17, 15) is 0 Å². The molecule has 0 aromatic heterocycles. The first-order chi connectivity index (χ1) is 5.06. The molecule has 1 fully saturated rings. The van der Waals surface area contributed by atoms with Crippen molar-refractivity contribution in [2.24, 2.45) is 0 Å². The Morgan fingerprint density at radius 2 is 1.73 bits per heavy atom. The summed E-state index contributed by atoms with van der Waals surface area (Å²) in [5.74, 6) is 0. The van der Waals surface area contributed by atoms with Crippen LogP contribution in [0.15, 0.2) is 0 Å². The Morgan fingerprint density at radius 3 is 2.09 bits per heavy atom. The normalized spacial score (nSPS) is 45.8. The molecule has 1 saturated heterocycles. The Kier molecular flexibility index (Phi) is 2.55. The van der Waals surface area contributed by atoms with Gasteiger partial charge < -0.3 is 9.47 Å². The van der Waals surface area contributed by atoms with Crippen molar-refractivity contribution in [1.29, 1.82) is 0 Å². The van der Waals surface area contributed by atoms with Gasteiger partial charge in [0.2, 0.25) is 0 Å². The molecule has 11 heavy (non-hydrogen) atoms. The second kappa shape index (κ2) is 3.11. The third kappa shape index (κ3) is 2.17. The molecule has 0 radical (unpaired) electrons. The summed E-state index contributed by atoms with van der Waals surface area (Å²) in [6, 6.07) is 0. The van der Waals surface area contributed by atoms with Crippen molar-refractivity contribution < 1.29 is 9.47 Å². The second-order valence-corrected chi connectivity index (χ2v) is 3.82. The van der Waals surface area contributed by atoms with Crippen molar-refractivity contribution in [2.45, 2.75) is 51.4 Å². The van der Waals surface area contributed by atoms with Gasteiger partial charge in [-0.2, -0.15) is 0 Å². The summed E-state index contributed by atoms with van der Waals surface area (Å²) in [7, 11) is 1.78. The third-order valence-corrected chi connectivity index (χ3v) is 2.40. The van der Waals surface area contributed by atoms with E-state index in [4.69, 9.17) is 9.47 Å². The molecule has 1 aliphatic rings. The van der Waals surface area contributed by atoms with Crippen LogP contribution in [-0.4, -0.2) is 24.9 Å². The quantitative estimate of drug-likeness (QED) is 0.581. The SMILES string of the molecule is COC1(C)C[C@H](C)O[C@@H](C)C1. The van der Waals surface area contributed by atoms with Crippen LogP contribution in [0.1, 0.15) is 33.6 Å². The van der Waals surface area contributed by atoms with Gasteiger partial charge in [-0.3, -0.25) is 0 Å². The number of rotatable bonds is 1. The molecule has 0 unspecified atom stereocenters. The molecule has 0 saturated carbocycles. The Bertz CT molecular complexity index is 124. The highest BCUT2D eigenvalue weighted by Crippen LogP contribution is 2.30. The van der Waals surface area contributed by atoms with E-state index in [1.807, 2.05) is 0 Å². The van der Waals surface area contributed by atoms with Crippen LogP contribution in [0.2, 0.25) is 0 Å². The molecule has 0 spiro atoms. The summed E-state index contributed by atoms with van der Waals surface area (Å²) in [5, 5.41) is 0. The summed E-state index contributed by atoms with van der Waals surface area (Å²) in [4.78, 5) is 0. The predicted molar refractivity (Wildman–Crippen MR) is 44.7 cm³/mol. The molecule has 66 valence electrons. The average Bonchev–Trinajstić information content (AvgIpc) is 1.84. The first kappa shape index (κ1) is 9.01. The maximum absolute atomic E-state index is 5.60. The summed E-state index contributed by atoms with van der Waals surface area (Å²) in [6.07, 6.45) is 2.69. The molecule has 0 aromatic rings. The second-order valence-electron chi connectivity index (χ2n) is 3.82. The number of hydrogen-bond acceptors (Lipinski definition) is 2. The first-order valence-corrected chi connectivity index (χ1v) is 4.26. The standard InChI is InChI=1S/C9H18O2/c1-7-5-9(3,10-4)6-8(2)11-7/h7-8H,5-6H2,1-4H3/t7-,8-/m0/s1. The molecule has 2 heteroatoms. The van der Waals surface area contributed by atoms with E-state index in [0.717, 1.165) is 12.8 Å². The molecular formula is C9H18O2. The maximum atomic E-state index is 5.60. The highest BCUT2D eigenvalue weighted by atomic mass is 16.5. The molecule has 2 nitrogen and oxygen atoms in total. The minimum Gasteiger partial charge on any atom is -0.378 e. The van der Waals surface area contributed by atoms with Crippen LogP contribution in [0.25, 0.3) is 0 Å². The van der Waals surface area contributed by atoms with Gasteiger partial charge in [0.25, 0.3) is 0 Å². The summed E-state index contributed by atoms with van der Waals surface area (Å²) >= 11 is 0. The van der Waals surface area contributed by atoms with Crippen LogP contribution in [0.3, 0.4) is 0 Å². The monoisotopic (exact) mass is 158 g/mol. The lowest BCUT2D eigenvalue weighted by Gasteiger charge is -2.39. The molecule has 0 aromatic carbocycles. The molecule has 1 rings (SSSR count). The number of hydrogen-bond donors (Lipinski definition) is 0. The van der Waals surface area contributed by atoms with Crippen LogP contribution in [-0.2, 0) is 9.47 Å². The minimum atomic E-state index is 0.0388. The number of ether oxygens (including phenoxy) is 2. The van der Waals surface area contributed by atoms with E-state index in [1.54, 1.807) is 7.11 Å². The fourth-order valence-corrected chi connectivity index (χ4v) is 1.96. The van der Waals surface area contributed by atoms with Gasteiger partial charge in [0, 0.05) is 20.0 Å². The molecule has 0 N–H and O–H groups in total. The van der Waals surface area contributed by atoms with Gasteiger partial charge in [0.1, 0.15) is 0 Å². The summed E-state index contributed by atoms with van der Waals surface area (Å²) in [6.45, 7) is 6.36. The highest BCUT2D eigenvalue weighted by Gasteiger charge is 2.34. The van der Waals surface area contributed by atoms with Crippen molar-refractivity contribution in [3.63, 3.8) is 0 Å². The molecule has 1 heterocycles. The van der Waals surface area contributed by atoms with Crippen molar-refractivity contribution in [3.8, 4) is 0 Å². The van der Waals surface area contributed by atoms with E-state index < -0.39 is 0 Å². The van der Waals surface area contributed by atoms with E-state index >= 15 is 0 Å². The Morgan fingerprint density at radius 1 is 1.27 bits per heavy atom. The van der Waals surface area contributed by atoms with Gasteiger partial charge in [0.15, 0.2) is 0 Å². The lowest BCUT2D eigenvalue weighted by atomic mass is 9.89. The third-order valence-electron chi connectivity index (χ3n) is 2.40. The Hall–Kier alpha value is -0.0800. The molecule has 0 amide bonds. The largest absolute Gasteiger partial charge is 0.378 e. The summed E-state index contributed by atoms with van der Waals surface area (Å²) < 4.78 is 11.0. The zero-order valence-electron chi connectivity index (χ0n) is 7.89. The van der Waals surface area contributed by atoms with Crippen molar-refractivity contribution in [3.05, 3.63) is 0 Å². The fraction of sp³-hybridized carbons (Fsp3) is 1.00. The van der Waals surface area contributed by atoms with E-state index in [1.165, 1.54) is 0 Å². The lowest BCUT2D eigenvalue weighted by Crippen LogP contribution is -2.42. The topological polar surface area (TPSA) is 18.5 Å². The van der Waals surface area contributed by atoms with E-state index in [-0.39, 0.29) is 5.60 Å². The van der Waals surface area contributed by atoms with E-state index in [0.29, 0.717) is 12.2 Å². The van der Waals surface area contributed by atoms with Crippen molar-refractivity contribution in [2.75, 3.05) is 7.11 Å².